The van der Waals surface area contributed by atoms with Gasteiger partial charge < -0.3 is 39.0 Å². The van der Waals surface area contributed by atoms with Crippen LogP contribution in [0, 0.1) is 47.3 Å². The summed E-state index contributed by atoms with van der Waals surface area (Å²) < 4.78 is 29.5. The third-order valence-corrected chi connectivity index (χ3v) is 10.9. The maximum Gasteiger partial charge on any atom is 0.302 e. The van der Waals surface area contributed by atoms with Crippen LogP contribution in [-0.4, -0.2) is 94.4 Å². The van der Waals surface area contributed by atoms with Crippen molar-refractivity contribution in [2.45, 2.75) is 110 Å². The van der Waals surface area contributed by atoms with Gasteiger partial charge in [0.2, 0.25) is 11.7 Å². The number of fused-ring (bicyclic) bond motifs is 15. The minimum atomic E-state index is -1.81. The summed E-state index contributed by atoms with van der Waals surface area (Å²) in [6.07, 6.45) is 1.03. The monoisotopic (exact) mass is 691 g/mol. The molecule has 0 aromatic carbocycles. The van der Waals surface area contributed by atoms with Gasteiger partial charge in [0.05, 0.1) is 48.6 Å². The number of carbonyl (C=O) groups is 4. The Labute approximate surface area is 288 Å². The van der Waals surface area contributed by atoms with Crippen molar-refractivity contribution in [3.63, 3.8) is 0 Å². The zero-order valence-corrected chi connectivity index (χ0v) is 29.8. The first-order chi connectivity index (χ1) is 22.9. The predicted octanol–water partition coefficient (Wildman–Crippen LogP) is 2.18. The Morgan fingerprint density at radius 1 is 0.898 bits per heavy atom. The number of esters is 1. The van der Waals surface area contributed by atoms with Crippen molar-refractivity contribution in [3.8, 4) is 0 Å². The zero-order chi connectivity index (χ0) is 36.5. The Kier molecular flexibility index (Phi) is 12.2. The van der Waals surface area contributed by atoms with Crippen LogP contribution in [0.2, 0.25) is 0 Å². The third kappa shape index (κ3) is 7.80. The summed E-state index contributed by atoms with van der Waals surface area (Å²) in [6, 6.07) is 0. The van der Waals surface area contributed by atoms with E-state index in [1.54, 1.807) is 59.8 Å². The van der Waals surface area contributed by atoms with Gasteiger partial charge in [-0.05, 0) is 12.5 Å². The lowest BCUT2D eigenvalue weighted by molar-refractivity contribution is -0.213. The highest BCUT2D eigenvalue weighted by molar-refractivity contribution is 6.01. The van der Waals surface area contributed by atoms with Gasteiger partial charge in [-0.1, -0.05) is 53.7 Å². The van der Waals surface area contributed by atoms with Gasteiger partial charge in [0, 0.05) is 62.5 Å². The van der Waals surface area contributed by atoms with E-state index in [0.717, 1.165) is 6.08 Å². The van der Waals surface area contributed by atoms with Crippen LogP contribution >= 0.6 is 0 Å². The lowest BCUT2D eigenvalue weighted by atomic mass is 9.66. The van der Waals surface area contributed by atoms with E-state index in [2.05, 4.69) is 5.32 Å². The summed E-state index contributed by atoms with van der Waals surface area (Å²) in [6.45, 7) is 13.2. The van der Waals surface area contributed by atoms with Gasteiger partial charge in [0.15, 0.2) is 11.7 Å². The highest BCUT2D eigenvalue weighted by Gasteiger charge is 2.65. The third-order valence-electron chi connectivity index (χ3n) is 10.9. The minimum Gasteiger partial charge on any atom is -0.472 e. The SMILES string of the molecule is CO[C@H]1/C=C\O[C@@]2(C)O[C@H]3[C@H](C)[C@@H](O)[C@H]4OC(=CC(=O)[C@@H]4[C@H]3C2=O)NC(=O)[C@H](C)C/C=C\[C@H](C)[C@H](O)[C@@H](C)[C@@H](O)[C@@H](C)[C@H](OC(C)=O)[C@@H]1C. The molecule has 13 heteroatoms. The number of hydrogen-bond donors (Lipinski definition) is 4. The summed E-state index contributed by atoms with van der Waals surface area (Å²) in [5.41, 5.74) is 0. The van der Waals surface area contributed by atoms with Gasteiger partial charge in [-0.15, -0.1) is 0 Å². The summed E-state index contributed by atoms with van der Waals surface area (Å²) >= 11 is 0. The molecule has 1 saturated heterocycles. The Hall–Kier alpha value is -3.10. The number of nitrogens with one attached hydrogen (secondary N) is 1. The summed E-state index contributed by atoms with van der Waals surface area (Å²) in [7, 11) is 1.46. The molecule has 1 amide bonds. The summed E-state index contributed by atoms with van der Waals surface area (Å²) in [5.74, 6) is -9.29. The van der Waals surface area contributed by atoms with Crippen LogP contribution in [0.25, 0.3) is 0 Å². The van der Waals surface area contributed by atoms with E-state index in [0.29, 0.717) is 6.42 Å². The van der Waals surface area contributed by atoms with E-state index in [1.165, 1.54) is 27.2 Å². The number of amides is 1. The molecule has 0 spiro atoms. The molecule has 4 aliphatic heterocycles. The van der Waals surface area contributed by atoms with Crippen LogP contribution in [-0.2, 0) is 42.9 Å². The second kappa shape index (κ2) is 15.4. The fourth-order valence-electron chi connectivity index (χ4n) is 7.70. The van der Waals surface area contributed by atoms with E-state index < -0.39 is 119 Å². The van der Waals surface area contributed by atoms with Crippen LogP contribution in [0.4, 0.5) is 0 Å². The first kappa shape index (κ1) is 38.7. The van der Waals surface area contributed by atoms with E-state index in [4.69, 9.17) is 23.7 Å². The molecule has 274 valence electrons. The molecule has 4 N–H and O–H groups in total. The fraction of sp³-hybridized carbons (Fsp3) is 0.722. The highest BCUT2D eigenvalue weighted by atomic mass is 16.7. The Morgan fingerprint density at radius 2 is 1.57 bits per heavy atom. The predicted molar refractivity (Wildman–Crippen MR) is 175 cm³/mol. The lowest BCUT2D eigenvalue weighted by Gasteiger charge is -2.45. The second-order valence-corrected chi connectivity index (χ2v) is 14.5. The summed E-state index contributed by atoms with van der Waals surface area (Å²) in [5, 5.41) is 36.5. The second-order valence-electron chi connectivity index (χ2n) is 14.5. The van der Waals surface area contributed by atoms with Crippen molar-refractivity contribution >= 4 is 23.4 Å². The number of carbonyl (C=O) groups excluding carboxylic acids is 4. The molecule has 0 aromatic rings. The largest absolute Gasteiger partial charge is 0.472 e. The van der Waals surface area contributed by atoms with Gasteiger partial charge in [-0.3, -0.25) is 24.5 Å². The maximum atomic E-state index is 13.9. The smallest absolute Gasteiger partial charge is 0.302 e. The van der Waals surface area contributed by atoms with Gasteiger partial charge in [0.1, 0.15) is 12.2 Å². The van der Waals surface area contributed by atoms with Crippen LogP contribution in [0.15, 0.2) is 36.4 Å². The van der Waals surface area contributed by atoms with Crippen molar-refractivity contribution in [3.05, 3.63) is 36.4 Å². The van der Waals surface area contributed by atoms with Crippen molar-refractivity contribution < 1.29 is 58.2 Å². The van der Waals surface area contributed by atoms with E-state index in [1.807, 2.05) is 0 Å². The van der Waals surface area contributed by atoms with Gasteiger partial charge in [-0.25, -0.2) is 0 Å². The molecule has 49 heavy (non-hydrogen) atoms. The van der Waals surface area contributed by atoms with Crippen molar-refractivity contribution in [2.75, 3.05) is 7.11 Å². The highest BCUT2D eigenvalue weighted by Crippen LogP contribution is 2.49. The molecule has 0 radical (unpaired) electrons. The molecular weight excluding hydrogens is 638 g/mol. The van der Waals surface area contributed by atoms with Crippen molar-refractivity contribution in [1.29, 1.82) is 0 Å². The van der Waals surface area contributed by atoms with Crippen molar-refractivity contribution in [1.82, 2.24) is 5.32 Å². The van der Waals surface area contributed by atoms with Crippen LogP contribution in [0.3, 0.4) is 0 Å². The molecule has 1 aliphatic carbocycles. The lowest BCUT2D eigenvalue weighted by Crippen LogP contribution is -2.59. The average Bonchev–Trinajstić information content (AvgIpc) is 3.31. The molecule has 0 unspecified atom stereocenters. The molecule has 2 fully saturated rings. The van der Waals surface area contributed by atoms with Gasteiger partial charge in [0.25, 0.3) is 5.79 Å². The zero-order valence-electron chi connectivity index (χ0n) is 29.8. The van der Waals surface area contributed by atoms with Gasteiger partial charge in [-0.2, -0.15) is 0 Å². The number of aliphatic hydroxyl groups excluding tert-OH is 3. The van der Waals surface area contributed by atoms with E-state index in [9.17, 15) is 34.5 Å². The molecule has 1 saturated carbocycles. The molecule has 16 atom stereocenters. The van der Waals surface area contributed by atoms with Crippen LogP contribution < -0.4 is 5.32 Å². The Bertz CT molecular complexity index is 1340. The van der Waals surface area contributed by atoms with Crippen molar-refractivity contribution in [2.24, 2.45) is 47.3 Å². The minimum absolute atomic E-state index is 0.105. The number of allylic oxidation sites excluding steroid dienone is 2. The molecule has 5 aliphatic rings. The first-order valence-electron chi connectivity index (χ1n) is 17.1. The standard InChI is InChI=1S/C36H53NO12/c1-16-11-10-12-17(2)35(44)37-25-15-23(39)26-27-32(21(6)30(42)33(26)48-25)49-36(8,34(27)43)46-14-13-24(45-9)18(3)31(47-22(7)38)20(5)29(41)19(4)28(16)40/h10-11,13-21,24,26-33,40-42H,12H2,1-9H3,(H,37,44)/b11-10-,14-13-/t16-,17+,18+,19+,20+,21+,24-,26+,27+,28-,29+,30+,31+,32-,33-,36-/m0/s1. The number of aliphatic hydroxyl groups is 3. The first-order valence-corrected chi connectivity index (χ1v) is 17.1. The quantitative estimate of drug-likeness (QED) is 0.245. The number of methoxy groups -OCH3 is 1. The summed E-state index contributed by atoms with van der Waals surface area (Å²) in [4.78, 5) is 52.8. The van der Waals surface area contributed by atoms with Crippen LogP contribution in [0.1, 0.15) is 61.8 Å². The van der Waals surface area contributed by atoms with Gasteiger partial charge >= 0.3 is 5.97 Å². The Morgan fingerprint density at radius 3 is 2.20 bits per heavy atom. The number of ketones is 2. The number of rotatable bonds is 2. The number of ether oxygens (including phenoxy) is 5. The molecule has 0 aromatic heterocycles. The molecule has 13 nitrogen and oxygen atoms in total. The average molecular weight is 692 g/mol. The van der Waals surface area contributed by atoms with E-state index in [-0.39, 0.29) is 5.88 Å². The molecular formula is C36H53NO12. The van der Waals surface area contributed by atoms with E-state index >= 15 is 0 Å². The number of hydrogen-bond acceptors (Lipinski definition) is 12. The fourth-order valence-corrected chi connectivity index (χ4v) is 7.70. The normalized spacial score (nSPS) is 46.5. The maximum absolute atomic E-state index is 13.9. The van der Waals surface area contributed by atoms with Crippen LogP contribution in [0.5, 0.6) is 0 Å². The topological polar surface area (TPSA) is 187 Å². The molecule has 5 rings (SSSR count). The Balaban J connectivity index is 1.72. The molecule has 5 bridgehead atoms. The number of Topliss-reactive ketones (excluding diaryl/α,β-unsaturated/α-hetero) is 1. The molecule has 4 heterocycles.